The maximum atomic E-state index is 12.0. The Morgan fingerprint density at radius 1 is 1.00 bits per heavy atom. The lowest BCUT2D eigenvalue weighted by Crippen LogP contribution is -2.11. The van der Waals surface area contributed by atoms with Crippen LogP contribution >= 0.6 is 45.9 Å². The Morgan fingerprint density at radius 2 is 1.44 bits per heavy atom. The van der Waals surface area contributed by atoms with E-state index in [9.17, 15) is 4.79 Å². The first-order chi connectivity index (χ1) is 7.70. The molecule has 2 atom stereocenters. The number of Topliss-reactive ketones (excluding diaryl/α,β-unsaturated/α-hetero) is 1. The second-order valence-electron chi connectivity index (χ2n) is 3.16. The molecule has 16 heavy (non-hydrogen) atoms. The largest absolute Gasteiger partial charge is 0.296 e. The molecule has 0 fully saturated rings. The number of thiophene rings is 2. The van der Waals surface area contributed by atoms with Gasteiger partial charge >= 0.3 is 0 Å². The van der Waals surface area contributed by atoms with E-state index in [1.165, 1.54) is 22.7 Å². The molecule has 0 bridgehead atoms. The monoisotopic (exact) mass is 290 g/mol. The minimum absolute atomic E-state index is 0.159. The van der Waals surface area contributed by atoms with Gasteiger partial charge in [-0.05, 0) is 22.9 Å². The molecule has 2 rings (SSSR count). The van der Waals surface area contributed by atoms with Crippen molar-refractivity contribution in [3.05, 3.63) is 44.8 Å². The summed E-state index contributed by atoms with van der Waals surface area (Å²) in [6, 6.07) is 7.44. The molecule has 0 spiro atoms. The summed E-state index contributed by atoms with van der Waals surface area (Å²) in [5.74, 6) is -0.159. The average molecular weight is 291 g/mol. The van der Waals surface area contributed by atoms with Crippen LogP contribution in [0.25, 0.3) is 0 Å². The van der Waals surface area contributed by atoms with Gasteiger partial charge in [-0.25, -0.2) is 0 Å². The van der Waals surface area contributed by atoms with Gasteiger partial charge in [0.15, 0.2) is 5.78 Å². The van der Waals surface area contributed by atoms with Crippen LogP contribution in [0.3, 0.4) is 0 Å². The van der Waals surface area contributed by atoms with Gasteiger partial charge in [0.2, 0.25) is 0 Å². The Bertz CT molecular complexity index is 408. The van der Waals surface area contributed by atoms with Crippen LogP contribution in [0.4, 0.5) is 0 Å². The molecule has 1 nitrogen and oxygen atoms in total. The number of halogens is 2. The van der Waals surface area contributed by atoms with Gasteiger partial charge in [0.1, 0.15) is 10.8 Å². The second-order valence-corrected chi connectivity index (χ2v) is 5.99. The van der Waals surface area contributed by atoms with E-state index < -0.39 is 10.8 Å². The summed E-state index contributed by atoms with van der Waals surface area (Å²) in [5.41, 5.74) is 0. The van der Waals surface area contributed by atoms with E-state index in [1.54, 1.807) is 0 Å². The van der Waals surface area contributed by atoms with Gasteiger partial charge in [0.05, 0.1) is 0 Å². The molecule has 84 valence electrons. The zero-order valence-electron chi connectivity index (χ0n) is 8.10. The zero-order valence-corrected chi connectivity index (χ0v) is 11.2. The fourth-order valence-electron chi connectivity index (χ4n) is 1.28. The van der Waals surface area contributed by atoms with E-state index in [0.29, 0.717) is 0 Å². The highest BCUT2D eigenvalue weighted by Gasteiger charge is 2.27. The van der Waals surface area contributed by atoms with Crippen LogP contribution in [0.2, 0.25) is 0 Å². The summed E-state index contributed by atoms with van der Waals surface area (Å²) in [6.07, 6.45) is 0. The molecule has 0 saturated heterocycles. The quantitative estimate of drug-likeness (QED) is 0.750. The molecule has 0 N–H and O–H groups in total. The van der Waals surface area contributed by atoms with Crippen molar-refractivity contribution in [2.24, 2.45) is 0 Å². The molecule has 2 heterocycles. The third kappa shape index (κ3) is 2.48. The Labute approximate surface area is 112 Å². The molecule has 2 aromatic heterocycles. The molecule has 0 aromatic carbocycles. The van der Waals surface area contributed by atoms with E-state index in [0.717, 1.165) is 9.75 Å². The lowest BCUT2D eigenvalue weighted by atomic mass is 10.1. The van der Waals surface area contributed by atoms with Crippen molar-refractivity contribution in [3.63, 3.8) is 0 Å². The van der Waals surface area contributed by atoms with Gasteiger partial charge in [-0.1, -0.05) is 12.1 Å². The molecule has 0 saturated carbocycles. The van der Waals surface area contributed by atoms with Gasteiger partial charge in [-0.2, -0.15) is 0 Å². The highest BCUT2D eigenvalue weighted by molar-refractivity contribution is 7.11. The summed E-state index contributed by atoms with van der Waals surface area (Å²) in [4.78, 5) is 13.7. The lowest BCUT2D eigenvalue weighted by Gasteiger charge is -2.10. The van der Waals surface area contributed by atoms with Crippen LogP contribution in [0.15, 0.2) is 35.0 Å². The lowest BCUT2D eigenvalue weighted by molar-refractivity contribution is -0.118. The predicted octanol–water partition coefficient (Wildman–Crippen LogP) is 4.64. The maximum absolute atomic E-state index is 12.0. The number of carbonyl (C=O) groups excluding carboxylic acids is 1. The van der Waals surface area contributed by atoms with Crippen molar-refractivity contribution in [2.45, 2.75) is 10.8 Å². The minimum Gasteiger partial charge on any atom is -0.296 e. The summed E-state index contributed by atoms with van der Waals surface area (Å²) < 4.78 is 0. The van der Waals surface area contributed by atoms with E-state index >= 15 is 0 Å². The molecule has 0 aliphatic heterocycles. The van der Waals surface area contributed by atoms with Crippen molar-refractivity contribution in [2.75, 3.05) is 0 Å². The van der Waals surface area contributed by atoms with Crippen molar-refractivity contribution in [3.8, 4) is 0 Å². The van der Waals surface area contributed by atoms with Crippen molar-refractivity contribution in [1.29, 1.82) is 0 Å². The Balaban J connectivity index is 2.14. The average Bonchev–Trinajstić information content (AvgIpc) is 2.97. The van der Waals surface area contributed by atoms with Crippen molar-refractivity contribution in [1.82, 2.24) is 0 Å². The van der Waals surface area contributed by atoms with E-state index in [-0.39, 0.29) is 5.78 Å². The summed E-state index contributed by atoms with van der Waals surface area (Å²) in [6.45, 7) is 0. The zero-order chi connectivity index (χ0) is 11.5. The Morgan fingerprint density at radius 3 is 1.75 bits per heavy atom. The first-order valence-corrected chi connectivity index (χ1v) is 7.22. The van der Waals surface area contributed by atoms with Crippen molar-refractivity contribution < 1.29 is 4.79 Å². The summed E-state index contributed by atoms with van der Waals surface area (Å²) in [5, 5.41) is 2.49. The molecule has 2 unspecified atom stereocenters. The van der Waals surface area contributed by atoms with Gasteiger partial charge in [-0.15, -0.1) is 45.9 Å². The fraction of sp³-hybridized carbons (Fsp3) is 0.182. The molecule has 0 aliphatic carbocycles. The Kier molecular flexibility index (Phi) is 4.03. The van der Waals surface area contributed by atoms with Crippen LogP contribution in [0, 0.1) is 0 Å². The molecule has 0 amide bonds. The molecule has 2 aromatic rings. The van der Waals surface area contributed by atoms with Crippen LogP contribution in [-0.4, -0.2) is 5.78 Å². The normalized spacial score (nSPS) is 14.6. The molecule has 0 aliphatic rings. The highest BCUT2D eigenvalue weighted by Crippen LogP contribution is 2.35. The first-order valence-electron chi connectivity index (χ1n) is 4.59. The first kappa shape index (κ1) is 12.1. The topological polar surface area (TPSA) is 17.1 Å². The standard InChI is InChI=1S/C11H8Cl2OS2/c12-9(7-3-1-5-15-7)11(14)10(13)8-4-2-6-16-8/h1-6,9-10H. The van der Waals surface area contributed by atoms with Crippen LogP contribution in [0.5, 0.6) is 0 Å². The van der Waals surface area contributed by atoms with Crippen molar-refractivity contribution >= 4 is 51.7 Å². The summed E-state index contributed by atoms with van der Waals surface area (Å²) >= 11 is 15.1. The van der Waals surface area contributed by atoms with Crippen LogP contribution in [0.1, 0.15) is 20.5 Å². The third-order valence-corrected chi connectivity index (χ3v) is 5.12. The van der Waals surface area contributed by atoms with Gasteiger partial charge in [0, 0.05) is 9.75 Å². The number of carbonyl (C=O) groups is 1. The molecular weight excluding hydrogens is 283 g/mol. The fourth-order valence-corrected chi connectivity index (χ4v) is 3.46. The number of alkyl halides is 2. The summed E-state index contributed by atoms with van der Waals surface area (Å²) in [7, 11) is 0. The Hall–Kier alpha value is -0.350. The van der Waals surface area contributed by atoms with E-state index in [4.69, 9.17) is 23.2 Å². The van der Waals surface area contributed by atoms with E-state index in [1.807, 2.05) is 35.0 Å². The predicted molar refractivity (Wildman–Crippen MR) is 70.8 cm³/mol. The smallest absolute Gasteiger partial charge is 0.179 e. The maximum Gasteiger partial charge on any atom is 0.179 e. The SMILES string of the molecule is O=C(C(Cl)c1cccs1)C(Cl)c1cccs1. The number of ketones is 1. The number of hydrogen-bond acceptors (Lipinski definition) is 3. The second kappa shape index (κ2) is 5.32. The molecular formula is C11H8Cl2OS2. The van der Waals surface area contributed by atoms with Gasteiger partial charge in [-0.3, -0.25) is 4.79 Å². The highest BCUT2D eigenvalue weighted by atomic mass is 35.5. The number of rotatable bonds is 4. The van der Waals surface area contributed by atoms with Gasteiger partial charge in [0.25, 0.3) is 0 Å². The number of hydrogen-bond donors (Lipinski definition) is 0. The molecule has 5 heteroatoms. The minimum atomic E-state index is -0.649. The van der Waals surface area contributed by atoms with Crippen LogP contribution < -0.4 is 0 Å². The van der Waals surface area contributed by atoms with Crippen LogP contribution in [-0.2, 0) is 4.79 Å². The van der Waals surface area contributed by atoms with E-state index in [2.05, 4.69) is 0 Å². The third-order valence-electron chi connectivity index (χ3n) is 2.09. The molecule has 0 radical (unpaired) electrons. The van der Waals surface area contributed by atoms with Gasteiger partial charge < -0.3 is 0 Å².